The molecule has 0 amide bonds. The van der Waals surface area contributed by atoms with Gasteiger partial charge in [0.25, 0.3) is 0 Å². The van der Waals surface area contributed by atoms with Gasteiger partial charge < -0.3 is 49.3 Å². The monoisotopic (exact) mass is 452 g/mol. The molecule has 5 atom stereocenters. The average molecular weight is 452 g/mol. The molecule has 0 spiro atoms. The van der Waals surface area contributed by atoms with Crippen LogP contribution in [0, 0.1) is 0 Å². The Balaban J connectivity index is 1.63. The molecule has 6 N–H and O–H groups in total. The normalized spacial score (nSPS) is 25.5. The van der Waals surface area contributed by atoms with Crippen molar-refractivity contribution < 1.29 is 54.1 Å². The van der Waals surface area contributed by atoms with E-state index in [0.29, 0.717) is 0 Å². The van der Waals surface area contributed by atoms with Gasteiger partial charge in [-0.2, -0.15) is 0 Å². The van der Waals surface area contributed by atoms with Crippen molar-refractivity contribution in [1.29, 1.82) is 0 Å². The maximum absolute atomic E-state index is 12.0. The second-order valence-corrected chi connectivity index (χ2v) is 6.75. The average Bonchev–Trinajstić information content (AvgIpc) is 2.78. The number of rotatable bonds is 6. The number of benzene rings is 1. The molecule has 3 rings (SSSR count). The smallest absolute Gasteiger partial charge is 0.330 e. The third-order valence-electron chi connectivity index (χ3n) is 4.58. The Labute approximate surface area is 179 Å². The van der Waals surface area contributed by atoms with Crippen molar-refractivity contribution in [2.45, 2.75) is 30.7 Å². The number of aliphatic hydroxyl groups is 3. The zero-order chi connectivity index (χ0) is 23.4. The molecule has 1 aromatic heterocycles. The Bertz CT molecular complexity index is 1050. The number of ether oxygens (including phenoxy) is 3. The Morgan fingerprint density at radius 1 is 1.03 bits per heavy atom. The summed E-state index contributed by atoms with van der Waals surface area (Å²) in [5.74, 6) is -3.20. The lowest BCUT2D eigenvalue weighted by Gasteiger charge is -2.39. The highest BCUT2D eigenvalue weighted by Crippen LogP contribution is 2.37. The van der Waals surface area contributed by atoms with Gasteiger partial charge in [0.1, 0.15) is 37.3 Å². The van der Waals surface area contributed by atoms with Gasteiger partial charge in [-0.25, -0.2) is 4.79 Å². The summed E-state index contributed by atoms with van der Waals surface area (Å²) in [4.78, 5) is 23.7. The first-order chi connectivity index (χ1) is 15.2. The molecule has 1 aromatic carbocycles. The second-order valence-electron chi connectivity index (χ2n) is 6.75. The van der Waals surface area contributed by atoms with Crippen molar-refractivity contribution in [1.82, 2.24) is 0 Å². The zero-order valence-corrected chi connectivity index (χ0v) is 16.3. The first kappa shape index (κ1) is 23.1. The van der Waals surface area contributed by atoms with Gasteiger partial charge in [0, 0.05) is 17.7 Å². The van der Waals surface area contributed by atoms with E-state index in [1.54, 1.807) is 0 Å². The number of carbonyl (C=O) groups excluding carboxylic acids is 1. The van der Waals surface area contributed by atoms with Gasteiger partial charge in [0.2, 0.25) is 23.2 Å². The van der Waals surface area contributed by atoms with Crippen molar-refractivity contribution in [2.75, 3.05) is 6.61 Å². The molecular weight excluding hydrogens is 432 g/mol. The van der Waals surface area contributed by atoms with E-state index in [9.17, 15) is 40.2 Å². The van der Waals surface area contributed by atoms with Crippen LogP contribution in [-0.2, 0) is 14.3 Å². The molecule has 2 heterocycles. The number of aliphatic hydroxyl groups excluding tert-OH is 3. The first-order valence-corrected chi connectivity index (χ1v) is 9.20. The lowest BCUT2D eigenvalue weighted by Crippen LogP contribution is -2.60. The summed E-state index contributed by atoms with van der Waals surface area (Å²) in [6, 6.07) is 3.40. The van der Waals surface area contributed by atoms with Crippen molar-refractivity contribution in [3.05, 3.63) is 52.6 Å². The van der Waals surface area contributed by atoms with Crippen LogP contribution in [-0.4, -0.2) is 73.9 Å². The van der Waals surface area contributed by atoms with E-state index in [2.05, 4.69) is 0 Å². The molecule has 0 saturated carbocycles. The summed E-state index contributed by atoms with van der Waals surface area (Å²) in [5, 5.41) is 58.7. The Hall–Kier alpha value is -3.58. The molecule has 1 aliphatic heterocycles. The number of carbonyl (C=O) groups is 1. The first-order valence-electron chi connectivity index (χ1n) is 9.20. The highest BCUT2D eigenvalue weighted by molar-refractivity contribution is 5.88. The topological polar surface area (TPSA) is 196 Å². The minimum absolute atomic E-state index is 0.0138. The Kier molecular flexibility index (Phi) is 7.00. The Morgan fingerprint density at radius 3 is 2.50 bits per heavy atom. The molecule has 32 heavy (non-hydrogen) atoms. The van der Waals surface area contributed by atoms with Crippen molar-refractivity contribution in [3.63, 3.8) is 0 Å². The fourth-order valence-corrected chi connectivity index (χ4v) is 2.79. The molecule has 1 fully saturated rings. The number of esters is 1. The van der Waals surface area contributed by atoms with Crippen LogP contribution < -0.4 is 10.2 Å². The van der Waals surface area contributed by atoms with Crippen LogP contribution in [0.1, 0.15) is 5.56 Å². The van der Waals surface area contributed by atoms with Crippen LogP contribution >= 0.6 is 0 Å². The number of hydrogen-bond donors (Lipinski definition) is 6. The third kappa shape index (κ3) is 5.00. The Morgan fingerprint density at radius 2 is 1.78 bits per heavy atom. The highest BCUT2D eigenvalue weighted by atomic mass is 16.7. The number of aromatic hydroxyl groups is 3. The second kappa shape index (κ2) is 9.70. The van der Waals surface area contributed by atoms with Gasteiger partial charge in [-0.05, 0) is 18.2 Å². The molecule has 1 aliphatic rings. The van der Waals surface area contributed by atoms with Gasteiger partial charge in [-0.15, -0.1) is 0 Å². The van der Waals surface area contributed by atoms with Crippen LogP contribution in [0.2, 0.25) is 0 Å². The number of phenols is 3. The highest BCUT2D eigenvalue weighted by Gasteiger charge is 2.45. The van der Waals surface area contributed by atoms with Gasteiger partial charge in [0.15, 0.2) is 11.5 Å². The lowest BCUT2D eigenvalue weighted by atomic mass is 9.99. The molecular formula is C20H20O12. The summed E-state index contributed by atoms with van der Waals surface area (Å²) < 4.78 is 20.3. The van der Waals surface area contributed by atoms with Crippen molar-refractivity contribution in [2.24, 2.45) is 0 Å². The van der Waals surface area contributed by atoms with Crippen LogP contribution in [0.5, 0.6) is 23.0 Å². The van der Waals surface area contributed by atoms with E-state index in [0.717, 1.165) is 36.8 Å². The minimum atomic E-state index is -1.74. The quantitative estimate of drug-likeness (QED) is 0.182. The van der Waals surface area contributed by atoms with E-state index < -0.39 is 66.0 Å². The minimum Gasteiger partial charge on any atom is -0.504 e. The van der Waals surface area contributed by atoms with Crippen LogP contribution in [0.3, 0.4) is 0 Å². The van der Waals surface area contributed by atoms with E-state index in [-0.39, 0.29) is 11.3 Å². The van der Waals surface area contributed by atoms with E-state index in [1.165, 1.54) is 6.07 Å². The molecule has 2 aromatic rings. The summed E-state index contributed by atoms with van der Waals surface area (Å²) in [5.41, 5.74) is -0.566. The molecule has 0 radical (unpaired) electrons. The molecule has 172 valence electrons. The molecule has 5 unspecified atom stereocenters. The van der Waals surface area contributed by atoms with Gasteiger partial charge in [-0.3, -0.25) is 4.79 Å². The predicted octanol–water partition coefficient (Wildman–Crippen LogP) is -0.800. The van der Waals surface area contributed by atoms with Crippen LogP contribution in [0.15, 0.2) is 46.0 Å². The maximum atomic E-state index is 12.0. The molecule has 12 heteroatoms. The lowest BCUT2D eigenvalue weighted by molar-refractivity contribution is -0.278. The summed E-state index contributed by atoms with van der Waals surface area (Å²) in [7, 11) is 0. The van der Waals surface area contributed by atoms with E-state index in [1.807, 2.05) is 0 Å². The van der Waals surface area contributed by atoms with Gasteiger partial charge >= 0.3 is 5.97 Å². The van der Waals surface area contributed by atoms with Crippen LogP contribution in [0.4, 0.5) is 0 Å². The SMILES string of the molecule is O=C(C=Cc1ccc(O)c(O)c1O)OCC1OC(Oc2coccc2=O)C(O)C(O)C1O. The zero-order valence-electron chi connectivity index (χ0n) is 16.3. The van der Waals surface area contributed by atoms with Crippen molar-refractivity contribution in [3.8, 4) is 23.0 Å². The molecule has 0 aliphatic carbocycles. The van der Waals surface area contributed by atoms with E-state index in [4.69, 9.17) is 18.6 Å². The van der Waals surface area contributed by atoms with Crippen molar-refractivity contribution >= 4 is 12.0 Å². The number of hydrogen-bond acceptors (Lipinski definition) is 12. The maximum Gasteiger partial charge on any atom is 0.330 e. The fraction of sp³-hybridized carbons (Fsp3) is 0.300. The molecule has 0 bridgehead atoms. The third-order valence-corrected chi connectivity index (χ3v) is 4.58. The largest absolute Gasteiger partial charge is 0.504 e. The van der Waals surface area contributed by atoms with Gasteiger partial charge in [0.05, 0.1) is 6.26 Å². The summed E-state index contributed by atoms with van der Waals surface area (Å²) in [6.07, 6.45) is -3.92. The van der Waals surface area contributed by atoms with E-state index >= 15 is 0 Å². The summed E-state index contributed by atoms with van der Waals surface area (Å²) >= 11 is 0. The fourth-order valence-electron chi connectivity index (χ4n) is 2.79. The molecule has 1 saturated heterocycles. The number of phenolic OH excluding ortho intramolecular Hbond substituents is 3. The van der Waals surface area contributed by atoms with Gasteiger partial charge in [-0.1, -0.05) is 0 Å². The predicted molar refractivity (Wildman–Crippen MR) is 104 cm³/mol. The summed E-state index contributed by atoms with van der Waals surface area (Å²) in [6.45, 7) is -0.565. The molecule has 12 nitrogen and oxygen atoms in total. The standard InChI is InChI=1S/C20H20O12/c21-10-5-6-29-7-12(10)31-20-19(28)18(27)17(26)13(32-20)8-30-14(23)4-2-9-1-3-11(22)16(25)15(9)24/h1-7,13,17-20,22,24-28H,8H2. The van der Waals surface area contributed by atoms with Crippen LogP contribution in [0.25, 0.3) is 6.08 Å².